The third kappa shape index (κ3) is 3.20. The van der Waals surface area contributed by atoms with Crippen LogP contribution in [0, 0.1) is 0 Å². The van der Waals surface area contributed by atoms with Gasteiger partial charge < -0.3 is 9.73 Å². The lowest BCUT2D eigenvalue weighted by Gasteiger charge is -2.04. The van der Waals surface area contributed by atoms with Gasteiger partial charge in [0, 0.05) is 11.0 Å². The number of amides is 1. The Bertz CT molecular complexity index is 477. The van der Waals surface area contributed by atoms with E-state index in [1.807, 2.05) is 24.3 Å². The highest BCUT2D eigenvalue weighted by Gasteiger charge is 2.06. The molecule has 1 amide bonds. The zero-order valence-electron chi connectivity index (χ0n) is 9.15. The first-order valence-electron chi connectivity index (χ1n) is 5.28. The number of carbonyl (C=O) groups is 1. The van der Waals surface area contributed by atoms with Crippen molar-refractivity contribution < 1.29 is 9.21 Å². The molecule has 1 N–H and O–H groups in total. The Balaban J connectivity index is 2.01. The zero-order valence-corrected chi connectivity index (χ0v) is 10.7. The molecule has 1 aromatic carbocycles. The molecule has 0 saturated carbocycles. The summed E-state index contributed by atoms with van der Waals surface area (Å²) in [4.78, 5) is 11.7. The molecule has 0 saturated heterocycles. The number of nitrogens with one attached hydrogen (secondary N) is 1. The third-order valence-corrected chi connectivity index (χ3v) is 2.77. The molecule has 88 valence electrons. The Morgan fingerprint density at radius 2 is 2.00 bits per heavy atom. The number of hydrogen-bond donors (Lipinski definition) is 1. The van der Waals surface area contributed by atoms with E-state index in [2.05, 4.69) is 21.2 Å². The van der Waals surface area contributed by atoms with E-state index in [-0.39, 0.29) is 5.91 Å². The summed E-state index contributed by atoms with van der Waals surface area (Å²) < 4.78 is 4.86. The number of rotatable bonds is 4. The maximum Gasteiger partial charge on any atom is 0.258 e. The van der Waals surface area contributed by atoms with Gasteiger partial charge >= 0.3 is 0 Å². The summed E-state index contributed by atoms with van der Waals surface area (Å²) in [7, 11) is 0. The van der Waals surface area contributed by atoms with Crippen molar-refractivity contribution in [3.8, 4) is 0 Å². The van der Waals surface area contributed by atoms with Crippen molar-refractivity contribution in [1.29, 1.82) is 0 Å². The van der Waals surface area contributed by atoms with Gasteiger partial charge in [-0.2, -0.15) is 0 Å². The topological polar surface area (TPSA) is 42.2 Å². The number of hydrogen-bond acceptors (Lipinski definition) is 2. The molecule has 2 rings (SSSR count). The first-order valence-corrected chi connectivity index (χ1v) is 6.40. The van der Waals surface area contributed by atoms with Crippen molar-refractivity contribution in [2.45, 2.75) is 6.42 Å². The van der Waals surface area contributed by atoms with Gasteiger partial charge in [0.25, 0.3) is 5.91 Å². The summed E-state index contributed by atoms with van der Waals surface area (Å²) >= 11 is 3.39. The molecule has 0 radical (unpaired) electrons. The second-order valence-corrected chi connectivity index (χ2v) is 4.40. The fourth-order valence-electron chi connectivity index (χ4n) is 1.46. The quantitative estimate of drug-likeness (QED) is 0.877. The lowest BCUT2D eigenvalue weighted by atomic mass is 10.1. The Kier molecular flexibility index (Phi) is 3.98. The van der Waals surface area contributed by atoms with Crippen LogP contribution in [0.2, 0.25) is 0 Å². The minimum atomic E-state index is -0.160. The van der Waals surface area contributed by atoms with Crippen LogP contribution in [0.25, 0.3) is 0 Å². The Morgan fingerprint density at radius 1 is 1.24 bits per heavy atom. The predicted octanol–water partition coefficient (Wildman–Crippen LogP) is 3.47. The molecule has 0 aliphatic heterocycles. The maximum atomic E-state index is 11.7. The van der Waals surface area contributed by atoms with Crippen LogP contribution in [0.1, 0.15) is 15.9 Å². The molecule has 0 aliphatic rings. The second kappa shape index (κ2) is 5.68. The predicted molar refractivity (Wildman–Crippen MR) is 70.6 cm³/mol. The Hall–Kier alpha value is -1.55. The fourth-order valence-corrected chi connectivity index (χ4v) is 1.92. The summed E-state index contributed by atoms with van der Waals surface area (Å²) in [5, 5.41) is 3.74. The highest BCUT2D eigenvalue weighted by molar-refractivity contribution is 9.09. The van der Waals surface area contributed by atoms with E-state index in [4.69, 9.17) is 4.42 Å². The van der Waals surface area contributed by atoms with Crippen LogP contribution in [-0.2, 0) is 6.42 Å². The van der Waals surface area contributed by atoms with E-state index >= 15 is 0 Å². The molecule has 3 nitrogen and oxygen atoms in total. The molecular weight excluding hydrogens is 282 g/mol. The minimum Gasteiger partial charge on any atom is -0.472 e. The maximum absolute atomic E-state index is 11.7. The highest BCUT2D eigenvalue weighted by Crippen LogP contribution is 2.12. The van der Waals surface area contributed by atoms with Crippen molar-refractivity contribution >= 4 is 27.5 Å². The van der Waals surface area contributed by atoms with Gasteiger partial charge in [-0.1, -0.05) is 28.1 Å². The number of furan rings is 1. The first kappa shape index (κ1) is 11.9. The van der Waals surface area contributed by atoms with Crippen molar-refractivity contribution in [3.63, 3.8) is 0 Å². The van der Waals surface area contributed by atoms with Crippen LogP contribution in [-0.4, -0.2) is 11.2 Å². The monoisotopic (exact) mass is 293 g/mol. The molecule has 0 spiro atoms. The van der Waals surface area contributed by atoms with Crippen LogP contribution >= 0.6 is 15.9 Å². The van der Waals surface area contributed by atoms with Crippen LogP contribution < -0.4 is 5.32 Å². The molecule has 0 aliphatic carbocycles. The van der Waals surface area contributed by atoms with Crippen molar-refractivity contribution in [2.24, 2.45) is 0 Å². The van der Waals surface area contributed by atoms with Crippen LogP contribution in [0.4, 0.5) is 5.69 Å². The molecule has 0 fully saturated rings. The number of benzene rings is 1. The van der Waals surface area contributed by atoms with Gasteiger partial charge in [0.05, 0.1) is 11.8 Å². The molecule has 17 heavy (non-hydrogen) atoms. The molecular formula is C13H12BrNO2. The van der Waals surface area contributed by atoms with Crippen molar-refractivity contribution in [1.82, 2.24) is 0 Å². The van der Waals surface area contributed by atoms with E-state index < -0.39 is 0 Å². The zero-order chi connectivity index (χ0) is 12.1. The SMILES string of the molecule is O=C(Nc1ccc(CCBr)cc1)c1ccoc1. The van der Waals surface area contributed by atoms with Gasteiger partial charge in [-0.3, -0.25) is 4.79 Å². The molecule has 0 atom stereocenters. The summed E-state index contributed by atoms with van der Waals surface area (Å²) in [5.41, 5.74) is 2.55. The average molecular weight is 294 g/mol. The van der Waals surface area contributed by atoms with E-state index in [0.29, 0.717) is 5.56 Å². The summed E-state index contributed by atoms with van der Waals surface area (Å²) in [6.45, 7) is 0. The standard InChI is InChI=1S/C13H12BrNO2/c14-7-5-10-1-3-12(4-2-10)15-13(16)11-6-8-17-9-11/h1-4,6,8-9H,5,7H2,(H,15,16). The molecule has 0 bridgehead atoms. The van der Waals surface area contributed by atoms with Crippen LogP contribution in [0.5, 0.6) is 0 Å². The molecule has 0 unspecified atom stereocenters. The Morgan fingerprint density at radius 3 is 2.59 bits per heavy atom. The average Bonchev–Trinajstić information content (AvgIpc) is 2.86. The third-order valence-electron chi connectivity index (χ3n) is 2.38. The van der Waals surface area contributed by atoms with E-state index in [1.165, 1.54) is 18.1 Å². The lowest BCUT2D eigenvalue weighted by Crippen LogP contribution is -2.10. The molecule has 2 aromatic rings. The summed E-state index contributed by atoms with van der Waals surface area (Å²) in [5.74, 6) is -0.160. The van der Waals surface area contributed by atoms with E-state index in [1.54, 1.807) is 6.07 Å². The number of halogens is 1. The lowest BCUT2D eigenvalue weighted by molar-refractivity contribution is 0.102. The minimum absolute atomic E-state index is 0.160. The van der Waals surface area contributed by atoms with Gasteiger partial charge in [-0.15, -0.1) is 0 Å². The summed E-state index contributed by atoms with van der Waals surface area (Å²) in [6.07, 6.45) is 3.89. The number of aryl methyl sites for hydroxylation is 1. The molecule has 4 heteroatoms. The van der Waals surface area contributed by atoms with Crippen molar-refractivity contribution in [2.75, 3.05) is 10.6 Å². The number of carbonyl (C=O) groups excluding carboxylic acids is 1. The fraction of sp³-hybridized carbons (Fsp3) is 0.154. The molecule has 1 heterocycles. The van der Waals surface area contributed by atoms with Crippen LogP contribution in [0.3, 0.4) is 0 Å². The van der Waals surface area contributed by atoms with Crippen LogP contribution in [0.15, 0.2) is 47.3 Å². The second-order valence-electron chi connectivity index (χ2n) is 3.60. The van der Waals surface area contributed by atoms with Crippen molar-refractivity contribution in [3.05, 3.63) is 54.0 Å². The van der Waals surface area contributed by atoms with E-state index in [0.717, 1.165) is 17.4 Å². The Labute approximate surface area is 108 Å². The van der Waals surface area contributed by atoms with Gasteiger partial charge in [-0.05, 0) is 30.2 Å². The summed E-state index contributed by atoms with van der Waals surface area (Å²) in [6, 6.07) is 9.44. The smallest absolute Gasteiger partial charge is 0.258 e. The van der Waals surface area contributed by atoms with Gasteiger partial charge in [0.15, 0.2) is 0 Å². The van der Waals surface area contributed by atoms with Gasteiger partial charge in [0.1, 0.15) is 6.26 Å². The molecule has 1 aromatic heterocycles. The largest absolute Gasteiger partial charge is 0.472 e. The number of anilines is 1. The number of alkyl halides is 1. The first-order chi connectivity index (χ1) is 8.29. The normalized spacial score (nSPS) is 10.2. The highest BCUT2D eigenvalue weighted by atomic mass is 79.9. The van der Waals surface area contributed by atoms with E-state index in [9.17, 15) is 4.79 Å². The van der Waals surface area contributed by atoms with Gasteiger partial charge in [0.2, 0.25) is 0 Å². The van der Waals surface area contributed by atoms with Gasteiger partial charge in [-0.25, -0.2) is 0 Å².